The highest BCUT2D eigenvalue weighted by molar-refractivity contribution is 5.92. The highest BCUT2D eigenvalue weighted by atomic mass is 16.7. The average molecular weight is 210 g/mol. The lowest BCUT2D eigenvalue weighted by molar-refractivity contribution is -0.168. The molecule has 3 aliphatic heterocycles. The van der Waals surface area contributed by atoms with Crippen LogP contribution in [0.15, 0.2) is 0 Å². The molecule has 1 spiro atoms. The van der Waals surface area contributed by atoms with Crippen LogP contribution in [0.1, 0.15) is 26.2 Å². The topological polar surface area (TPSA) is 48.1 Å². The SMILES string of the molecule is C[C@H]1CC[C@@H]2O[C@@H]3C[C@@]2(O1)[C@H]1O[C@H]1C3=O. The monoisotopic (exact) mass is 210 g/mol. The third kappa shape index (κ3) is 0.911. The number of hydrogen-bond donors (Lipinski definition) is 0. The predicted octanol–water partition coefficient (Wildman–Crippen LogP) is 0.432. The largest absolute Gasteiger partial charge is 0.366 e. The van der Waals surface area contributed by atoms with Crippen molar-refractivity contribution in [3.8, 4) is 0 Å². The van der Waals surface area contributed by atoms with E-state index in [4.69, 9.17) is 14.2 Å². The van der Waals surface area contributed by atoms with Crippen LogP contribution in [0.25, 0.3) is 0 Å². The molecule has 0 aromatic carbocycles. The van der Waals surface area contributed by atoms with E-state index < -0.39 is 0 Å². The molecule has 82 valence electrons. The summed E-state index contributed by atoms with van der Waals surface area (Å²) in [7, 11) is 0. The summed E-state index contributed by atoms with van der Waals surface area (Å²) in [5.41, 5.74) is -0.291. The number of carbonyl (C=O) groups excluding carboxylic acids is 1. The van der Waals surface area contributed by atoms with Crippen LogP contribution in [0.5, 0.6) is 0 Å². The second-order valence-corrected chi connectivity index (χ2v) is 5.16. The van der Waals surface area contributed by atoms with Crippen LogP contribution in [0, 0.1) is 0 Å². The number of ketones is 1. The van der Waals surface area contributed by atoms with E-state index >= 15 is 0 Å². The molecule has 1 saturated carbocycles. The van der Waals surface area contributed by atoms with Crippen molar-refractivity contribution in [1.29, 1.82) is 0 Å². The number of carbonyl (C=O) groups is 1. The summed E-state index contributed by atoms with van der Waals surface area (Å²) in [6, 6.07) is 0. The zero-order chi connectivity index (χ0) is 10.2. The van der Waals surface area contributed by atoms with Crippen molar-refractivity contribution >= 4 is 5.78 Å². The fourth-order valence-electron chi connectivity index (χ4n) is 3.46. The van der Waals surface area contributed by atoms with Gasteiger partial charge in [-0.25, -0.2) is 0 Å². The van der Waals surface area contributed by atoms with Gasteiger partial charge in [0.05, 0.1) is 12.2 Å². The average Bonchev–Trinajstić information content (AvgIpc) is 2.93. The number of epoxide rings is 1. The van der Waals surface area contributed by atoms with Crippen LogP contribution < -0.4 is 0 Å². The van der Waals surface area contributed by atoms with Crippen molar-refractivity contribution in [2.24, 2.45) is 0 Å². The summed E-state index contributed by atoms with van der Waals surface area (Å²) in [6.45, 7) is 2.09. The molecule has 3 heterocycles. The minimum absolute atomic E-state index is 0.0171. The Hall–Kier alpha value is -0.450. The first-order valence-corrected chi connectivity index (χ1v) is 5.73. The van der Waals surface area contributed by atoms with Crippen molar-refractivity contribution in [3.63, 3.8) is 0 Å². The normalized spacial score (nSPS) is 61.1. The third-order valence-electron chi connectivity index (χ3n) is 4.20. The Morgan fingerprint density at radius 3 is 3.07 bits per heavy atom. The van der Waals surface area contributed by atoms with Crippen LogP contribution in [0.2, 0.25) is 0 Å². The molecule has 4 nitrogen and oxygen atoms in total. The molecule has 6 atom stereocenters. The van der Waals surface area contributed by atoms with Crippen LogP contribution in [0.4, 0.5) is 0 Å². The quantitative estimate of drug-likeness (QED) is 0.544. The fourth-order valence-corrected chi connectivity index (χ4v) is 3.46. The standard InChI is InChI=1S/C11H14O4/c1-5-2-3-7-11(15-5)4-6(13-7)8(12)9-10(11)14-9/h5-7,9-10H,2-4H2,1H3/t5-,6+,7-,9-,10-,11-/m0/s1. The first-order chi connectivity index (χ1) is 7.21. The summed E-state index contributed by atoms with van der Waals surface area (Å²) in [5, 5.41) is 0. The number of Topliss-reactive ketones (excluding diaryl/α,β-unsaturated/α-hetero) is 1. The van der Waals surface area contributed by atoms with Gasteiger partial charge in [0.1, 0.15) is 23.9 Å². The molecular weight excluding hydrogens is 196 g/mol. The minimum atomic E-state index is -0.291. The second kappa shape index (κ2) is 2.44. The molecular formula is C11H14O4. The summed E-state index contributed by atoms with van der Waals surface area (Å²) in [5.74, 6) is 0.135. The Kier molecular flexibility index (Phi) is 1.41. The maximum Gasteiger partial charge on any atom is 0.193 e. The predicted molar refractivity (Wildman–Crippen MR) is 49.5 cm³/mol. The van der Waals surface area contributed by atoms with Gasteiger partial charge in [0, 0.05) is 6.42 Å². The Balaban J connectivity index is 1.75. The molecule has 0 unspecified atom stereocenters. The first kappa shape index (κ1) is 8.67. The molecule has 0 aromatic rings. The lowest BCUT2D eigenvalue weighted by Gasteiger charge is -2.40. The van der Waals surface area contributed by atoms with Crippen molar-refractivity contribution in [3.05, 3.63) is 0 Å². The molecule has 0 amide bonds. The summed E-state index contributed by atoms with van der Waals surface area (Å²) >= 11 is 0. The molecule has 1 aliphatic carbocycles. The van der Waals surface area contributed by atoms with Gasteiger partial charge in [-0.05, 0) is 19.8 Å². The van der Waals surface area contributed by atoms with Gasteiger partial charge in [0.25, 0.3) is 0 Å². The smallest absolute Gasteiger partial charge is 0.193 e. The second-order valence-electron chi connectivity index (χ2n) is 5.16. The van der Waals surface area contributed by atoms with E-state index in [1.54, 1.807) is 0 Å². The summed E-state index contributed by atoms with van der Waals surface area (Å²) < 4.78 is 17.3. The maximum atomic E-state index is 11.7. The molecule has 2 bridgehead atoms. The Labute approximate surface area is 87.9 Å². The number of rotatable bonds is 0. The van der Waals surface area contributed by atoms with E-state index in [2.05, 4.69) is 6.92 Å². The Morgan fingerprint density at radius 2 is 2.20 bits per heavy atom. The molecule has 3 saturated heterocycles. The van der Waals surface area contributed by atoms with Gasteiger partial charge in [-0.3, -0.25) is 4.79 Å². The third-order valence-corrected chi connectivity index (χ3v) is 4.20. The van der Waals surface area contributed by atoms with Gasteiger partial charge in [0.2, 0.25) is 0 Å². The van der Waals surface area contributed by atoms with Gasteiger partial charge in [-0.1, -0.05) is 0 Å². The number of ether oxygens (including phenoxy) is 3. The molecule has 4 aliphatic rings. The van der Waals surface area contributed by atoms with Gasteiger partial charge < -0.3 is 14.2 Å². The van der Waals surface area contributed by atoms with Crippen molar-refractivity contribution < 1.29 is 19.0 Å². The number of fused-ring (bicyclic) bond motifs is 2. The zero-order valence-electron chi connectivity index (χ0n) is 8.64. The minimum Gasteiger partial charge on any atom is -0.366 e. The van der Waals surface area contributed by atoms with Gasteiger partial charge >= 0.3 is 0 Å². The van der Waals surface area contributed by atoms with Crippen molar-refractivity contribution in [1.82, 2.24) is 0 Å². The van der Waals surface area contributed by atoms with E-state index in [-0.39, 0.29) is 41.9 Å². The summed E-state index contributed by atoms with van der Waals surface area (Å²) in [6.07, 6.45) is 2.57. The molecule has 15 heavy (non-hydrogen) atoms. The van der Waals surface area contributed by atoms with Crippen molar-refractivity contribution in [2.45, 2.75) is 62.3 Å². The van der Waals surface area contributed by atoms with Gasteiger partial charge in [0.15, 0.2) is 5.78 Å². The van der Waals surface area contributed by atoms with Crippen LogP contribution in [-0.2, 0) is 19.0 Å². The molecule has 4 fully saturated rings. The van der Waals surface area contributed by atoms with E-state index in [1.165, 1.54) is 0 Å². The van der Waals surface area contributed by atoms with Gasteiger partial charge in [-0.15, -0.1) is 0 Å². The van der Waals surface area contributed by atoms with Crippen LogP contribution in [-0.4, -0.2) is 41.9 Å². The molecule has 4 heteroatoms. The molecule has 0 aromatic heterocycles. The van der Waals surface area contributed by atoms with Gasteiger partial charge in [-0.2, -0.15) is 0 Å². The van der Waals surface area contributed by atoms with E-state index in [0.717, 1.165) is 12.8 Å². The van der Waals surface area contributed by atoms with E-state index in [9.17, 15) is 4.79 Å². The molecule has 0 N–H and O–H groups in total. The zero-order valence-corrected chi connectivity index (χ0v) is 8.64. The van der Waals surface area contributed by atoms with Crippen LogP contribution in [0.3, 0.4) is 0 Å². The maximum absolute atomic E-state index is 11.7. The fraction of sp³-hybridized carbons (Fsp3) is 0.909. The van der Waals surface area contributed by atoms with E-state index in [0.29, 0.717) is 6.42 Å². The first-order valence-electron chi connectivity index (χ1n) is 5.73. The Morgan fingerprint density at radius 1 is 1.33 bits per heavy atom. The lowest BCUT2D eigenvalue weighted by atomic mass is 9.78. The molecule has 0 radical (unpaired) electrons. The number of hydrogen-bond acceptors (Lipinski definition) is 4. The van der Waals surface area contributed by atoms with Crippen molar-refractivity contribution in [2.75, 3.05) is 0 Å². The van der Waals surface area contributed by atoms with E-state index in [1.807, 2.05) is 0 Å². The Bertz CT molecular complexity index is 341. The summed E-state index contributed by atoms with van der Waals surface area (Å²) in [4.78, 5) is 11.7. The highest BCUT2D eigenvalue weighted by Crippen LogP contribution is 2.55. The highest BCUT2D eigenvalue weighted by Gasteiger charge is 2.73. The van der Waals surface area contributed by atoms with Crippen LogP contribution >= 0.6 is 0 Å². The molecule has 4 rings (SSSR count). The lowest BCUT2D eigenvalue weighted by Crippen LogP contribution is -2.54.